The van der Waals surface area contributed by atoms with Crippen LogP contribution in [0.5, 0.6) is 0 Å². The van der Waals surface area contributed by atoms with Crippen molar-refractivity contribution in [2.75, 3.05) is 6.61 Å². The summed E-state index contributed by atoms with van der Waals surface area (Å²) in [4.78, 5) is 70.6. The number of hydrogen-bond acceptors (Lipinski definition) is 9. The lowest BCUT2D eigenvalue weighted by molar-refractivity contribution is -0.146. The molecule has 3 heterocycles. The molecule has 3 saturated heterocycles. The second-order valence-corrected chi connectivity index (χ2v) is 17.6. The predicted molar refractivity (Wildman–Crippen MR) is 218 cm³/mol. The molecular weight excluding hydrogens is 696 g/mol. The van der Waals surface area contributed by atoms with Gasteiger partial charge in [0.15, 0.2) is 0 Å². The van der Waals surface area contributed by atoms with Crippen LogP contribution >= 0.6 is 0 Å². The van der Waals surface area contributed by atoms with Gasteiger partial charge in [0.2, 0.25) is 0 Å². The summed E-state index contributed by atoms with van der Waals surface area (Å²) in [5.74, 6) is 2.19. The topological polar surface area (TPSA) is 130 Å². The molecule has 9 unspecified atom stereocenters. The Morgan fingerprint density at radius 1 is 0.600 bits per heavy atom. The summed E-state index contributed by atoms with van der Waals surface area (Å²) >= 11 is 0. The van der Waals surface area contributed by atoms with Crippen LogP contribution in [0.2, 0.25) is 0 Å². The molecule has 0 aromatic heterocycles. The second-order valence-electron chi connectivity index (χ2n) is 17.6. The fourth-order valence-corrected chi connectivity index (χ4v) is 8.21. The molecular formula is C46H80O9. The van der Waals surface area contributed by atoms with Crippen molar-refractivity contribution in [3.63, 3.8) is 0 Å². The van der Waals surface area contributed by atoms with Crippen LogP contribution < -0.4 is 0 Å². The van der Waals surface area contributed by atoms with E-state index >= 15 is 0 Å². The molecule has 0 amide bonds. The van der Waals surface area contributed by atoms with Crippen LogP contribution in [0, 0.1) is 57.7 Å². The van der Waals surface area contributed by atoms with Gasteiger partial charge in [0.05, 0.1) is 24.4 Å². The van der Waals surface area contributed by atoms with Gasteiger partial charge >= 0.3 is 17.9 Å². The Morgan fingerprint density at radius 3 is 1.60 bits per heavy atom. The van der Waals surface area contributed by atoms with Crippen molar-refractivity contribution >= 4 is 35.3 Å². The Bertz CT molecular complexity index is 1280. The molecule has 318 valence electrons. The summed E-state index contributed by atoms with van der Waals surface area (Å²) < 4.78 is 15.7. The van der Waals surface area contributed by atoms with Gasteiger partial charge < -0.3 is 14.2 Å². The van der Waals surface area contributed by atoms with Crippen molar-refractivity contribution in [3.8, 4) is 0 Å². The Kier molecular flexibility index (Phi) is 20.5. The lowest BCUT2D eigenvalue weighted by atomic mass is 9.75. The summed E-state index contributed by atoms with van der Waals surface area (Å²) in [5, 5.41) is 0. The van der Waals surface area contributed by atoms with Crippen LogP contribution in [0.25, 0.3) is 0 Å². The first-order chi connectivity index (χ1) is 25.8. The Balaban J connectivity index is 0.000000388. The van der Waals surface area contributed by atoms with E-state index in [2.05, 4.69) is 6.92 Å². The first-order valence-electron chi connectivity index (χ1n) is 22.0. The number of hydrogen-bond donors (Lipinski definition) is 0. The van der Waals surface area contributed by atoms with E-state index in [1.807, 2.05) is 96.9 Å². The number of Topliss-reactive ketones (excluding diaryl/α,β-unsaturated/α-hetero) is 3. The van der Waals surface area contributed by atoms with Gasteiger partial charge in [0.1, 0.15) is 29.6 Å². The Hall–Kier alpha value is -2.58. The van der Waals surface area contributed by atoms with E-state index in [4.69, 9.17) is 14.2 Å². The highest BCUT2D eigenvalue weighted by molar-refractivity contribution is 5.88. The average Bonchev–Trinajstić information content (AvgIpc) is 3.99. The number of ether oxygens (including phenoxy) is 3. The molecule has 3 saturated carbocycles. The van der Waals surface area contributed by atoms with Crippen molar-refractivity contribution < 1.29 is 43.0 Å². The monoisotopic (exact) mass is 777 g/mol. The number of ketones is 3. The maximum absolute atomic E-state index is 12.3. The highest BCUT2D eigenvalue weighted by Crippen LogP contribution is 2.58. The van der Waals surface area contributed by atoms with Crippen LogP contribution in [-0.4, -0.2) is 54.1 Å². The minimum absolute atomic E-state index is 0.00259. The summed E-state index contributed by atoms with van der Waals surface area (Å²) in [6.45, 7) is 30.5. The average molecular weight is 777 g/mol. The Morgan fingerprint density at radius 2 is 1.11 bits per heavy atom. The van der Waals surface area contributed by atoms with Gasteiger partial charge in [-0.2, -0.15) is 0 Å². The first kappa shape index (κ1) is 50.4. The number of esters is 3. The minimum Gasteiger partial charge on any atom is -0.465 e. The minimum atomic E-state index is -0.303. The molecule has 9 nitrogen and oxygen atoms in total. The molecule has 9 atom stereocenters. The van der Waals surface area contributed by atoms with Crippen LogP contribution in [0.3, 0.4) is 0 Å². The maximum atomic E-state index is 12.3. The van der Waals surface area contributed by atoms with Gasteiger partial charge in [-0.15, -0.1) is 0 Å². The molecule has 6 aliphatic rings. The predicted octanol–water partition coefficient (Wildman–Crippen LogP) is 10.3. The fourth-order valence-electron chi connectivity index (χ4n) is 8.21. The summed E-state index contributed by atoms with van der Waals surface area (Å²) in [6.07, 6.45) is 9.61. The molecule has 6 rings (SSSR count). The molecule has 3 aliphatic heterocycles. The van der Waals surface area contributed by atoms with Crippen LogP contribution in [-0.2, 0) is 43.0 Å². The summed E-state index contributed by atoms with van der Waals surface area (Å²) in [7, 11) is 0. The first-order valence-corrected chi connectivity index (χ1v) is 22.0. The van der Waals surface area contributed by atoms with Crippen LogP contribution in [0.15, 0.2) is 0 Å². The number of cyclic esters (lactones) is 1. The highest BCUT2D eigenvalue weighted by atomic mass is 16.6. The smallest absolute Gasteiger partial charge is 0.309 e. The molecule has 0 spiro atoms. The molecule has 4 bridgehead atoms. The summed E-state index contributed by atoms with van der Waals surface area (Å²) in [5.41, 5.74) is -0.772. The van der Waals surface area contributed by atoms with Gasteiger partial charge in [0.25, 0.3) is 0 Å². The third-order valence-corrected chi connectivity index (χ3v) is 13.4. The van der Waals surface area contributed by atoms with E-state index in [-0.39, 0.29) is 75.8 Å². The van der Waals surface area contributed by atoms with E-state index in [1.54, 1.807) is 0 Å². The van der Waals surface area contributed by atoms with Crippen LogP contribution in [0.4, 0.5) is 0 Å². The molecule has 9 heteroatoms. The zero-order valence-corrected chi connectivity index (χ0v) is 37.6. The van der Waals surface area contributed by atoms with E-state index in [0.29, 0.717) is 61.6 Å². The quantitative estimate of drug-likeness (QED) is 0.140. The number of fused-ring (bicyclic) bond motifs is 3. The standard InChI is InChI=1S/C15H22O3.C14H22O3.C11H18O3.3C2H6/c1-4-15(2,3)12(16)7-9-8-5-10-11(6-8)14(17)18-13(9)10;1-4-14(2,3)12(15)8-9-5-6-10-7-11(9)17-13(10)16;1-4-11(2,3)9(12)7-8-5-6-14-10(8)13;3*1-2/h8-11,13H,4-7H2,1-3H3;9-11H,4-8H2,1-3H3;8H,4-7H2,1-3H3;3*1-2H3. The van der Waals surface area contributed by atoms with Crippen molar-refractivity contribution in [2.24, 2.45) is 57.7 Å². The largest absolute Gasteiger partial charge is 0.465 e. The lowest BCUT2D eigenvalue weighted by Gasteiger charge is -2.29. The van der Waals surface area contributed by atoms with Crippen molar-refractivity contribution in [2.45, 2.75) is 193 Å². The third-order valence-electron chi connectivity index (χ3n) is 13.4. The maximum Gasteiger partial charge on any atom is 0.309 e. The van der Waals surface area contributed by atoms with Gasteiger partial charge in [-0.1, -0.05) is 104 Å². The van der Waals surface area contributed by atoms with E-state index in [1.165, 1.54) is 0 Å². The third kappa shape index (κ3) is 12.7. The Labute approximate surface area is 334 Å². The normalized spacial score (nSPS) is 29.5. The highest BCUT2D eigenvalue weighted by Gasteiger charge is 2.62. The van der Waals surface area contributed by atoms with Gasteiger partial charge in [0, 0.05) is 53.3 Å². The molecule has 0 N–H and O–H groups in total. The molecule has 55 heavy (non-hydrogen) atoms. The molecule has 3 aliphatic carbocycles. The van der Waals surface area contributed by atoms with Gasteiger partial charge in [-0.05, 0) is 63.7 Å². The van der Waals surface area contributed by atoms with E-state index < -0.39 is 0 Å². The van der Waals surface area contributed by atoms with Crippen molar-refractivity contribution in [3.05, 3.63) is 0 Å². The SMILES string of the molecule is CC.CC.CC.CCC(C)(C)C(=O)CC1C2CC3C(=O)OC1C3C2.CCC(C)(C)C(=O)CC1CCC2CC1OC2=O.CCC(C)(C)C(=O)CC1CCOC1=O. The number of carbonyl (C=O) groups is 6. The van der Waals surface area contributed by atoms with E-state index in [9.17, 15) is 28.8 Å². The number of carbonyl (C=O) groups excluding carboxylic acids is 6. The zero-order chi connectivity index (χ0) is 42.5. The van der Waals surface area contributed by atoms with E-state index in [0.717, 1.165) is 51.4 Å². The molecule has 6 fully saturated rings. The molecule has 0 aromatic rings. The van der Waals surface area contributed by atoms with Crippen molar-refractivity contribution in [1.29, 1.82) is 0 Å². The molecule has 0 aromatic carbocycles. The van der Waals surface area contributed by atoms with Gasteiger partial charge in [-0.25, -0.2) is 0 Å². The number of rotatable bonds is 12. The van der Waals surface area contributed by atoms with Crippen LogP contribution in [0.1, 0.15) is 181 Å². The second kappa shape index (κ2) is 22.4. The molecule has 0 radical (unpaired) electrons. The lowest BCUT2D eigenvalue weighted by Crippen LogP contribution is -2.33. The zero-order valence-electron chi connectivity index (χ0n) is 37.6. The van der Waals surface area contributed by atoms with Gasteiger partial charge in [-0.3, -0.25) is 28.8 Å². The summed E-state index contributed by atoms with van der Waals surface area (Å²) in [6, 6.07) is 0. The fraction of sp³-hybridized carbons (Fsp3) is 0.870. The van der Waals surface area contributed by atoms with Crippen molar-refractivity contribution in [1.82, 2.24) is 0 Å².